The molecule has 1 saturated carbocycles. The molecule has 0 aromatic heterocycles. The Bertz CT molecular complexity index is 549. The molecule has 1 saturated heterocycles. The average molecular weight is 309 g/mol. The van der Waals surface area contributed by atoms with Crippen molar-refractivity contribution in [2.75, 3.05) is 25.0 Å². The van der Waals surface area contributed by atoms with E-state index in [0.29, 0.717) is 6.54 Å². The van der Waals surface area contributed by atoms with Gasteiger partial charge in [0, 0.05) is 12.0 Å². The first-order valence-corrected chi connectivity index (χ1v) is 8.20. The average Bonchev–Trinajstić information content (AvgIpc) is 2.50. The number of quaternary nitrogens is 1. The number of fused-ring (bicyclic) bond motifs is 1. The van der Waals surface area contributed by atoms with E-state index in [2.05, 4.69) is 5.32 Å². The highest BCUT2D eigenvalue weighted by Crippen LogP contribution is 2.32. The van der Waals surface area contributed by atoms with Crippen LogP contribution in [0, 0.1) is 23.5 Å². The molecule has 0 spiro atoms. The molecule has 5 heteroatoms. The molecule has 1 aliphatic carbocycles. The normalized spacial score (nSPS) is 28.0. The van der Waals surface area contributed by atoms with Gasteiger partial charge in [0.2, 0.25) is 0 Å². The second kappa shape index (κ2) is 6.73. The van der Waals surface area contributed by atoms with Crippen LogP contribution in [0.15, 0.2) is 18.2 Å². The number of anilines is 1. The zero-order valence-electron chi connectivity index (χ0n) is 12.7. The molecule has 1 aliphatic heterocycles. The lowest BCUT2D eigenvalue weighted by molar-refractivity contribution is -0.902. The molecule has 2 N–H and O–H groups in total. The number of piperidine rings is 1. The fraction of sp³-hybridized carbons (Fsp3) is 0.588. The summed E-state index contributed by atoms with van der Waals surface area (Å²) in [5.41, 5.74) is 0.0540. The number of amides is 1. The van der Waals surface area contributed by atoms with E-state index in [4.69, 9.17) is 0 Å². The second-order valence-corrected chi connectivity index (χ2v) is 6.65. The Kier molecular flexibility index (Phi) is 4.71. The molecule has 0 bridgehead atoms. The van der Waals surface area contributed by atoms with Crippen molar-refractivity contribution in [2.24, 2.45) is 11.8 Å². The Morgan fingerprint density at radius 1 is 1.18 bits per heavy atom. The number of nitrogens with one attached hydrogen (secondary N) is 2. The fourth-order valence-corrected chi connectivity index (χ4v) is 3.97. The van der Waals surface area contributed by atoms with Crippen molar-refractivity contribution in [1.82, 2.24) is 0 Å². The van der Waals surface area contributed by atoms with Crippen LogP contribution in [0.4, 0.5) is 14.5 Å². The van der Waals surface area contributed by atoms with Crippen molar-refractivity contribution in [1.29, 1.82) is 0 Å². The molecule has 22 heavy (non-hydrogen) atoms. The van der Waals surface area contributed by atoms with Gasteiger partial charge in [-0.15, -0.1) is 0 Å². The maximum atomic E-state index is 13.5. The molecule has 1 amide bonds. The molecular formula is C17H23F2N2O+. The quantitative estimate of drug-likeness (QED) is 0.880. The molecule has 120 valence electrons. The lowest BCUT2D eigenvalue weighted by Crippen LogP contribution is -3.15. The minimum absolute atomic E-state index is 0.0540. The van der Waals surface area contributed by atoms with Crippen LogP contribution in [0.25, 0.3) is 0 Å². The van der Waals surface area contributed by atoms with Gasteiger partial charge in [0.15, 0.2) is 6.54 Å². The number of carbonyl (C=O) groups excluding carboxylic acids is 1. The lowest BCUT2D eigenvalue weighted by atomic mass is 9.75. The van der Waals surface area contributed by atoms with Crippen LogP contribution in [-0.4, -0.2) is 25.5 Å². The molecule has 1 heterocycles. The van der Waals surface area contributed by atoms with E-state index in [1.165, 1.54) is 43.1 Å². The van der Waals surface area contributed by atoms with E-state index < -0.39 is 11.6 Å². The third kappa shape index (κ3) is 3.64. The minimum Gasteiger partial charge on any atom is -0.327 e. The van der Waals surface area contributed by atoms with Crippen molar-refractivity contribution < 1.29 is 18.5 Å². The van der Waals surface area contributed by atoms with Crippen LogP contribution in [0.3, 0.4) is 0 Å². The Hall–Kier alpha value is -1.49. The van der Waals surface area contributed by atoms with Gasteiger partial charge in [-0.25, -0.2) is 8.78 Å². The summed E-state index contributed by atoms with van der Waals surface area (Å²) < 4.78 is 26.4. The van der Waals surface area contributed by atoms with Crippen molar-refractivity contribution in [2.45, 2.75) is 32.1 Å². The maximum absolute atomic E-state index is 13.5. The highest BCUT2D eigenvalue weighted by Gasteiger charge is 2.34. The van der Waals surface area contributed by atoms with Crippen molar-refractivity contribution >= 4 is 11.6 Å². The molecule has 3 rings (SSSR count). The molecule has 1 unspecified atom stereocenters. The molecule has 2 aliphatic rings. The van der Waals surface area contributed by atoms with Gasteiger partial charge in [-0.05, 0) is 37.3 Å². The van der Waals surface area contributed by atoms with Gasteiger partial charge in [0.25, 0.3) is 5.91 Å². The van der Waals surface area contributed by atoms with Crippen LogP contribution in [-0.2, 0) is 4.79 Å². The summed E-state index contributed by atoms with van der Waals surface area (Å²) >= 11 is 0. The van der Waals surface area contributed by atoms with Gasteiger partial charge in [0.05, 0.1) is 18.8 Å². The summed E-state index contributed by atoms with van der Waals surface area (Å²) in [5, 5.41) is 2.56. The summed E-state index contributed by atoms with van der Waals surface area (Å²) in [6, 6.07) is 3.21. The van der Waals surface area contributed by atoms with Crippen molar-refractivity contribution in [3.05, 3.63) is 29.8 Å². The Balaban J connectivity index is 1.53. The van der Waals surface area contributed by atoms with Gasteiger partial charge in [-0.3, -0.25) is 4.79 Å². The largest absolute Gasteiger partial charge is 0.327 e. The molecular weight excluding hydrogens is 286 g/mol. The summed E-state index contributed by atoms with van der Waals surface area (Å²) in [6.45, 7) is 2.42. The van der Waals surface area contributed by atoms with Crippen LogP contribution in [0.5, 0.6) is 0 Å². The first kappa shape index (κ1) is 15.4. The number of carbonyl (C=O) groups is 1. The number of hydrogen-bond acceptors (Lipinski definition) is 1. The van der Waals surface area contributed by atoms with E-state index in [1.807, 2.05) is 0 Å². The number of halogens is 2. The Labute approximate surface area is 129 Å². The van der Waals surface area contributed by atoms with Crippen molar-refractivity contribution in [3.63, 3.8) is 0 Å². The zero-order chi connectivity index (χ0) is 15.5. The highest BCUT2D eigenvalue weighted by atomic mass is 19.1. The third-order valence-electron chi connectivity index (χ3n) is 5.10. The predicted molar refractivity (Wildman–Crippen MR) is 80.6 cm³/mol. The number of likely N-dealkylation sites (tertiary alicyclic amines) is 1. The van der Waals surface area contributed by atoms with E-state index in [0.717, 1.165) is 37.1 Å². The van der Waals surface area contributed by atoms with Gasteiger partial charge < -0.3 is 10.2 Å². The number of benzene rings is 1. The second-order valence-electron chi connectivity index (χ2n) is 6.65. The fourth-order valence-electron chi connectivity index (χ4n) is 3.97. The van der Waals surface area contributed by atoms with Crippen LogP contribution < -0.4 is 10.2 Å². The molecule has 1 aromatic rings. The van der Waals surface area contributed by atoms with Gasteiger partial charge in [-0.1, -0.05) is 12.8 Å². The number of hydrogen-bond donors (Lipinski definition) is 2. The molecule has 3 atom stereocenters. The smallest absolute Gasteiger partial charge is 0.279 e. The highest BCUT2D eigenvalue weighted by molar-refractivity contribution is 5.91. The Morgan fingerprint density at radius 3 is 2.73 bits per heavy atom. The minimum atomic E-state index is -0.727. The topological polar surface area (TPSA) is 33.5 Å². The number of rotatable bonds is 3. The van der Waals surface area contributed by atoms with Gasteiger partial charge in [-0.2, -0.15) is 0 Å². The van der Waals surface area contributed by atoms with E-state index >= 15 is 0 Å². The molecule has 2 fully saturated rings. The van der Waals surface area contributed by atoms with Gasteiger partial charge >= 0.3 is 0 Å². The van der Waals surface area contributed by atoms with E-state index in [1.54, 1.807) is 0 Å². The zero-order valence-corrected chi connectivity index (χ0v) is 12.7. The Morgan fingerprint density at radius 2 is 1.95 bits per heavy atom. The molecule has 1 aromatic carbocycles. The van der Waals surface area contributed by atoms with Crippen LogP contribution >= 0.6 is 0 Å². The predicted octanol–water partition coefficient (Wildman–Crippen LogP) is 2.00. The maximum Gasteiger partial charge on any atom is 0.279 e. The third-order valence-corrected chi connectivity index (χ3v) is 5.10. The summed E-state index contributed by atoms with van der Waals surface area (Å²) in [7, 11) is 0. The first-order chi connectivity index (χ1) is 10.6. The monoisotopic (exact) mass is 309 g/mol. The summed E-state index contributed by atoms with van der Waals surface area (Å²) in [6.07, 6.45) is 6.47. The van der Waals surface area contributed by atoms with Crippen molar-refractivity contribution in [3.8, 4) is 0 Å². The lowest BCUT2D eigenvalue weighted by Gasteiger charge is -2.38. The SMILES string of the molecule is O=C(C[NH+]1CC[C@@H]2CCCC[C@@H]2C1)Nc1ccc(F)cc1F. The van der Waals surface area contributed by atoms with E-state index in [9.17, 15) is 13.6 Å². The van der Waals surface area contributed by atoms with Gasteiger partial charge in [0.1, 0.15) is 11.6 Å². The van der Waals surface area contributed by atoms with E-state index in [-0.39, 0.29) is 11.6 Å². The molecule has 3 nitrogen and oxygen atoms in total. The first-order valence-electron chi connectivity index (χ1n) is 8.20. The van der Waals surface area contributed by atoms with Crippen LogP contribution in [0.1, 0.15) is 32.1 Å². The summed E-state index contributed by atoms with van der Waals surface area (Å²) in [5.74, 6) is 0.0209. The standard InChI is InChI=1S/C17H22F2N2O/c18-14-5-6-16(15(19)9-14)20-17(22)11-21-8-7-12-3-1-2-4-13(12)10-21/h5-6,9,12-13H,1-4,7-8,10-11H2,(H,20,22)/p+1/t12-,13+/m0/s1. The van der Waals surface area contributed by atoms with Crippen LogP contribution in [0.2, 0.25) is 0 Å². The summed E-state index contributed by atoms with van der Waals surface area (Å²) in [4.78, 5) is 13.4. The molecule has 0 radical (unpaired) electrons.